The third kappa shape index (κ3) is 4.08. The lowest BCUT2D eigenvalue weighted by molar-refractivity contribution is 0.590. The second-order valence-electron chi connectivity index (χ2n) is 5.02. The van der Waals surface area contributed by atoms with Crippen LogP contribution in [0.4, 0.5) is 0 Å². The summed E-state index contributed by atoms with van der Waals surface area (Å²) in [5.41, 5.74) is 8.06. The van der Waals surface area contributed by atoms with Crippen molar-refractivity contribution in [3.63, 3.8) is 0 Å². The Morgan fingerprint density at radius 1 is 1.12 bits per heavy atom. The van der Waals surface area contributed by atoms with E-state index in [0.717, 1.165) is 24.9 Å². The van der Waals surface area contributed by atoms with Crippen LogP contribution in [-0.4, -0.2) is 6.54 Å². The summed E-state index contributed by atoms with van der Waals surface area (Å²) >= 11 is 0. The van der Waals surface area contributed by atoms with Crippen LogP contribution >= 0.6 is 0 Å². The monoisotopic (exact) mass is 215 g/mol. The molecule has 16 heavy (non-hydrogen) atoms. The molecule has 0 atom stereocenters. The number of unbranched alkanes of at least 4 members (excludes halogenated alkanes) is 1. The van der Waals surface area contributed by atoms with Crippen molar-refractivity contribution in [1.82, 2.24) is 0 Å². The van der Waals surface area contributed by atoms with Crippen LogP contribution in [0.2, 0.25) is 0 Å². The average Bonchev–Trinajstić information content (AvgIpc) is 2.24. The molecule has 0 aliphatic heterocycles. The van der Waals surface area contributed by atoms with Crippen molar-refractivity contribution in [1.29, 1.82) is 0 Å². The van der Waals surface area contributed by atoms with Gasteiger partial charge in [0.2, 0.25) is 0 Å². The SMILES string of the molecule is CC(C)(C)c1ccc(C#CCCCN)cc1. The minimum Gasteiger partial charge on any atom is -0.330 e. The lowest BCUT2D eigenvalue weighted by atomic mass is 9.87. The zero-order valence-electron chi connectivity index (χ0n) is 10.5. The zero-order valence-corrected chi connectivity index (χ0v) is 10.5. The lowest BCUT2D eigenvalue weighted by Gasteiger charge is -2.18. The smallest absolute Gasteiger partial charge is 0.0245 e. The van der Waals surface area contributed by atoms with Crippen LogP contribution in [0.25, 0.3) is 0 Å². The topological polar surface area (TPSA) is 26.0 Å². The summed E-state index contributed by atoms with van der Waals surface area (Å²) in [6, 6.07) is 8.51. The molecule has 1 aromatic carbocycles. The van der Waals surface area contributed by atoms with Gasteiger partial charge >= 0.3 is 0 Å². The molecule has 0 saturated heterocycles. The molecule has 1 aromatic rings. The van der Waals surface area contributed by atoms with E-state index in [9.17, 15) is 0 Å². The van der Waals surface area contributed by atoms with Gasteiger partial charge < -0.3 is 5.73 Å². The van der Waals surface area contributed by atoms with Gasteiger partial charge in [-0.15, -0.1) is 0 Å². The Morgan fingerprint density at radius 3 is 2.25 bits per heavy atom. The summed E-state index contributed by atoms with van der Waals surface area (Å²) < 4.78 is 0. The molecular weight excluding hydrogens is 194 g/mol. The lowest BCUT2D eigenvalue weighted by Crippen LogP contribution is -2.10. The van der Waals surface area contributed by atoms with Gasteiger partial charge in [0.1, 0.15) is 0 Å². The Kier molecular flexibility index (Phi) is 4.58. The summed E-state index contributed by atoms with van der Waals surface area (Å²) in [7, 11) is 0. The van der Waals surface area contributed by atoms with E-state index in [0.29, 0.717) is 0 Å². The molecule has 0 aliphatic carbocycles. The summed E-state index contributed by atoms with van der Waals surface area (Å²) in [5.74, 6) is 6.28. The van der Waals surface area contributed by atoms with Crippen molar-refractivity contribution in [2.75, 3.05) is 6.54 Å². The normalized spacial score (nSPS) is 10.8. The Bertz CT molecular complexity index is 371. The van der Waals surface area contributed by atoms with Crippen molar-refractivity contribution in [2.45, 2.75) is 39.0 Å². The highest BCUT2D eigenvalue weighted by molar-refractivity contribution is 5.37. The summed E-state index contributed by atoms with van der Waals surface area (Å²) in [6.07, 6.45) is 1.87. The van der Waals surface area contributed by atoms with Crippen molar-refractivity contribution in [3.05, 3.63) is 35.4 Å². The summed E-state index contributed by atoms with van der Waals surface area (Å²) in [4.78, 5) is 0. The number of benzene rings is 1. The van der Waals surface area contributed by atoms with Crippen LogP contribution in [0.3, 0.4) is 0 Å². The van der Waals surface area contributed by atoms with E-state index in [2.05, 4.69) is 56.9 Å². The molecule has 1 rings (SSSR count). The van der Waals surface area contributed by atoms with E-state index in [1.54, 1.807) is 0 Å². The third-order valence-electron chi connectivity index (χ3n) is 2.49. The van der Waals surface area contributed by atoms with Gasteiger partial charge in [-0.25, -0.2) is 0 Å². The Hall–Kier alpha value is -1.26. The average molecular weight is 215 g/mol. The molecule has 0 amide bonds. The largest absolute Gasteiger partial charge is 0.330 e. The molecule has 0 aromatic heterocycles. The predicted molar refractivity (Wildman–Crippen MR) is 70.3 cm³/mol. The standard InChI is InChI=1S/C15H21N/c1-15(2,3)14-10-8-13(9-11-14)7-5-4-6-12-16/h8-11H,4,6,12,16H2,1-3H3. The number of hydrogen-bond donors (Lipinski definition) is 1. The molecule has 0 heterocycles. The quantitative estimate of drug-likeness (QED) is 0.595. The predicted octanol–water partition coefficient (Wildman–Crippen LogP) is 3.07. The van der Waals surface area contributed by atoms with Crippen LogP contribution in [0.1, 0.15) is 44.7 Å². The highest BCUT2D eigenvalue weighted by Crippen LogP contribution is 2.21. The molecule has 2 N–H and O–H groups in total. The highest BCUT2D eigenvalue weighted by atomic mass is 14.5. The first kappa shape index (κ1) is 12.8. The van der Waals surface area contributed by atoms with E-state index >= 15 is 0 Å². The number of nitrogens with two attached hydrogens (primary N) is 1. The summed E-state index contributed by atoms with van der Waals surface area (Å²) in [6.45, 7) is 7.37. The van der Waals surface area contributed by atoms with Gasteiger partial charge in [-0.1, -0.05) is 44.7 Å². The zero-order chi connectivity index (χ0) is 12.0. The van der Waals surface area contributed by atoms with E-state index < -0.39 is 0 Å². The fourth-order valence-corrected chi connectivity index (χ4v) is 1.41. The second-order valence-corrected chi connectivity index (χ2v) is 5.02. The third-order valence-corrected chi connectivity index (χ3v) is 2.49. The van der Waals surface area contributed by atoms with E-state index in [4.69, 9.17) is 5.73 Å². The molecule has 1 heteroatoms. The Morgan fingerprint density at radius 2 is 1.75 bits per heavy atom. The van der Waals surface area contributed by atoms with Gasteiger partial charge in [0, 0.05) is 12.0 Å². The fourth-order valence-electron chi connectivity index (χ4n) is 1.41. The van der Waals surface area contributed by atoms with Crippen molar-refractivity contribution >= 4 is 0 Å². The fraction of sp³-hybridized carbons (Fsp3) is 0.467. The van der Waals surface area contributed by atoms with Gasteiger partial charge in [0.15, 0.2) is 0 Å². The minimum absolute atomic E-state index is 0.214. The van der Waals surface area contributed by atoms with Gasteiger partial charge in [-0.2, -0.15) is 0 Å². The first-order valence-corrected chi connectivity index (χ1v) is 5.83. The van der Waals surface area contributed by atoms with Gasteiger partial charge in [0.05, 0.1) is 0 Å². The highest BCUT2D eigenvalue weighted by Gasteiger charge is 2.12. The number of rotatable bonds is 2. The molecule has 86 valence electrons. The molecule has 0 radical (unpaired) electrons. The maximum atomic E-state index is 5.41. The molecule has 0 spiro atoms. The maximum absolute atomic E-state index is 5.41. The van der Waals surface area contributed by atoms with Gasteiger partial charge in [0.25, 0.3) is 0 Å². The van der Waals surface area contributed by atoms with Gasteiger partial charge in [-0.3, -0.25) is 0 Å². The molecular formula is C15H21N. The number of hydrogen-bond acceptors (Lipinski definition) is 1. The molecule has 0 fully saturated rings. The first-order valence-electron chi connectivity index (χ1n) is 5.83. The van der Waals surface area contributed by atoms with Crippen LogP contribution in [0, 0.1) is 11.8 Å². The molecule has 1 nitrogen and oxygen atoms in total. The molecule has 0 aliphatic rings. The van der Waals surface area contributed by atoms with Crippen molar-refractivity contribution in [2.24, 2.45) is 5.73 Å². The minimum atomic E-state index is 0.214. The molecule has 0 bridgehead atoms. The van der Waals surface area contributed by atoms with Crippen molar-refractivity contribution in [3.8, 4) is 11.8 Å². The second kappa shape index (κ2) is 5.72. The van der Waals surface area contributed by atoms with Gasteiger partial charge in [-0.05, 0) is 36.1 Å². The van der Waals surface area contributed by atoms with Crippen LogP contribution in [0.15, 0.2) is 24.3 Å². The maximum Gasteiger partial charge on any atom is 0.0245 e. The molecule has 0 saturated carbocycles. The summed E-state index contributed by atoms with van der Waals surface area (Å²) in [5, 5.41) is 0. The van der Waals surface area contributed by atoms with E-state index in [1.165, 1.54) is 5.56 Å². The molecule has 0 unspecified atom stereocenters. The van der Waals surface area contributed by atoms with E-state index in [1.807, 2.05) is 0 Å². The Balaban J connectivity index is 2.67. The van der Waals surface area contributed by atoms with Crippen molar-refractivity contribution < 1.29 is 0 Å². The Labute approximate surface area is 99.1 Å². The first-order chi connectivity index (χ1) is 7.54. The van der Waals surface area contributed by atoms with Crippen LogP contribution < -0.4 is 5.73 Å². The van der Waals surface area contributed by atoms with E-state index in [-0.39, 0.29) is 5.41 Å². The van der Waals surface area contributed by atoms with Crippen LogP contribution in [-0.2, 0) is 5.41 Å². The van der Waals surface area contributed by atoms with Crippen LogP contribution in [0.5, 0.6) is 0 Å².